The highest BCUT2D eigenvalue weighted by atomic mass is 32.2. The highest BCUT2D eigenvalue weighted by Gasteiger charge is 2.15. The standard InChI is InChI=1S/C12H11NO5S/c1-7(14)13-9-2-3-11-8(4-9)5-10(15)6-12(11)19(16,17)18/h2-6,15H,1H3,(H,13,14)(H,16,17,18). The summed E-state index contributed by atoms with van der Waals surface area (Å²) in [5.74, 6) is -0.561. The van der Waals surface area contributed by atoms with Gasteiger partial charge >= 0.3 is 0 Å². The molecular formula is C12H11NO5S. The maximum atomic E-state index is 11.2. The molecule has 7 heteroatoms. The van der Waals surface area contributed by atoms with E-state index in [1.165, 1.54) is 31.2 Å². The van der Waals surface area contributed by atoms with Gasteiger partial charge in [0.25, 0.3) is 10.1 Å². The van der Waals surface area contributed by atoms with Crippen molar-refractivity contribution in [2.75, 3.05) is 5.32 Å². The van der Waals surface area contributed by atoms with Crippen molar-refractivity contribution < 1.29 is 22.9 Å². The Kier molecular flexibility index (Phi) is 3.17. The van der Waals surface area contributed by atoms with Gasteiger partial charge in [-0.25, -0.2) is 0 Å². The largest absolute Gasteiger partial charge is 0.508 e. The predicted molar refractivity (Wildman–Crippen MR) is 69.7 cm³/mol. The fourth-order valence-corrected chi connectivity index (χ4v) is 2.55. The van der Waals surface area contributed by atoms with Gasteiger partial charge in [0.15, 0.2) is 0 Å². The summed E-state index contributed by atoms with van der Waals surface area (Å²) < 4.78 is 31.6. The summed E-state index contributed by atoms with van der Waals surface area (Å²) in [6, 6.07) is 6.77. The zero-order valence-electron chi connectivity index (χ0n) is 9.91. The van der Waals surface area contributed by atoms with E-state index in [0.29, 0.717) is 11.1 Å². The lowest BCUT2D eigenvalue weighted by Gasteiger charge is -2.08. The molecule has 0 heterocycles. The zero-order chi connectivity index (χ0) is 14.2. The van der Waals surface area contributed by atoms with Crippen LogP contribution in [0.15, 0.2) is 35.2 Å². The third-order valence-electron chi connectivity index (χ3n) is 2.50. The van der Waals surface area contributed by atoms with Crippen LogP contribution in [0, 0.1) is 0 Å². The van der Waals surface area contributed by atoms with E-state index in [-0.39, 0.29) is 21.9 Å². The molecule has 0 aliphatic carbocycles. The number of anilines is 1. The van der Waals surface area contributed by atoms with E-state index in [1.54, 1.807) is 0 Å². The van der Waals surface area contributed by atoms with Gasteiger partial charge in [-0.1, -0.05) is 6.07 Å². The minimum Gasteiger partial charge on any atom is -0.508 e. The van der Waals surface area contributed by atoms with Gasteiger partial charge in [0, 0.05) is 24.1 Å². The molecule has 0 aliphatic rings. The quantitative estimate of drug-likeness (QED) is 0.727. The SMILES string of the molecule is CC(=O)Nc1ccc2c(S(=O)(=O)O)cc(O)cc2c1. The topological polar surface area (TPSA) is 104 Å². The Hall–Kier alpha value is -2.12. The lowest BCUT2D eigenvalue weighted by Crippen LogP contribution is -2.05. The van der Waals surface area contributed by atoms with Crippen LogP contribution in [-0.2, 0) is 14.9 Å². The Balaban J connectivity index is 2.72. The Labute approximate surface area is 109 Å². The second kappa shape index (κ2) is 4.52. The smallest absolute Gasteiger partial charge is 0.295 e. The number of rotatable bonds is 2. The van der Waals surface area contributed by atoms with Crippen LogP contribution >= 0.6 is 0 Å². The van der Waals surface area contributed by atoms with Gasteiger partial charge in [0.1, 0.15) is 10.6 Å². The number of nitrogens with one attached hydrogen (secondary N) is 1. The van der Waals surface area contributed by atoms with E-state index in [1.807, 2.05) is 0 Å². The van der Waals surface area contributed by atoms with Crippen molar-refractivity contribution in [1.29, 1.82) is 0 Å². The number of amides is 1. The van der Waals surface area contributed by atoms with Gasteiger partial charge in [-0.05, 0) is 23.6 Å². The molecule has 0 fully saturated rings. The van der Waals surface area contributed by atoms with Crippen molar-refractivity contribution in [2.45, 2.75) is 11.8 Å². The number of phenols is 1. The molecule has 2 aromatic carbocycles. The van der Waals surface area contributed by atoms with Crippen LogP contribution in [0.5, 0.6) is 5.75 Å². The third-order valence-corrected chi connectivity index (χ3v) is 3.39. The van der Waals surface area contributed by atoms with Gasteiger partial charge < -0.3 is 10.4 Å². The molecule has 0 spiro atoms. The molecule has 6 nitrogen and oxygen atoms in total. The van der Waals surface area contributed by atoms with Crippen LogP contribution in [0.2, 0.25) is 0 Å². The van der Waals surface area contributed by atoms with Crippen molar-refractivity contribution in [3.8, 4) is 5.75 Å². The molecule has 100 valence electrons. The summed E-state index contributed by atoms with van der Waals surface area (Å²) in [7, 11) is -4.44. The fraction of sp³-hybridized carbons (Fsp3) is 0.0833. The van der Waals surface area contributed by atoms with Crippen molar-refractivity contribution in [2.24, 2.45) is 0 Å². The van der Waals surface area contributed by atoms with E-state index in [0.717, 1.165) is 6.07 Å². The Morgan fingerprint density at radius 1 is 1.21 bits per heavy atom. The normalized spacial score (nSPS) is 11.5. The van der Waals surface area contributed by atoms with E-state index < -0.39 is 10.1 Å². The predicted octanol–water partition coefficient (Wildman–Crippen LogP) is 1.75. The number of hydrogen-bond acceptors (Lipinski definition) is 4. The number of carbonyl (C=O) groups is 1. The van der Waals surface area contributed by atoms with Crippen LogP contribution in [-0.4, -0.2) is 24.0 Å². The van der Waals surface area contributed by atoms with E-state index in [4.69, 9.17) is 4.55 Å². The Morgan fingerprint density at radius 3 is 2.47 bits per heavy atom. The van der Waals surface area contributed by atoms with Crippen LogP contribution in [0.3, 0.4) is 0 Å². The second-order valence-electron chi connectivity index (χ2n) is 4.04. The van der Waals surface area contributed by atoms with Crippen LogP contribution in [0.25, 0.3) is 10.8 Å². The first-order chi connectivity index (χ1) is 8.77. The highest BCUT2D eigenvalue weighted by Crippen LogP contribution is 2.30. The number of fused-ring (bicyclic) bond motifs is 1. The van der Waals surface area contributed by atoms with Crippen LogP contribution in [0.4, 0.5) is 5.69 Å². The average Bonchev–Trinajstić information content (AvgIpc) is 2.25. The summed E-state index contributed by atoms with van der Waals surface area (Å²) >= 11 is 0. The summed E-state index contributed by atoms with van der Waals surface area (Å²) in [6.07, 6.45) is 0. The third kappa shape index (κ3) is 2.83. The minimum absolute atomic E-state index is 0.259. The molecule has 19 heavy (non-hydrogen) atoms. The van der Waals surface area contributed by atoms with Crippen molar-refractivity contribution in [3.63, 3.8) is 0 Å². The molecule has 0 aliphatic heterocycles. The average molecular weight is 281 g/mol. The number of phenolic OH excluding ortho intramolecular Hbond substituents is 1. The van der Waals surface area contributed by atoms with Gasteiger partial charge in [-0.15, -0.1) is 0 Å². The molecule has 0 saturated carbocycles. The second-order valence-corrected chi connectivity index (χ2v) is 5.43. The molecule has 2 rings (SSSR count). The Morgan fingerprint density at radius 2 is 1.89 bits per heavy atom. The van der Waals surface area contributed by atoms with Crippen LogP contribution in [0.1, 0.15) is 6.92 Å². The maximum absolute atomic E-state index is 11.2. The molecule has 0 unspecified atom stereocenters. The fourth-order valence-electron chi connectivity index (χ4n) is 1.81. The molecule has 3 N–H and O–H groups in total. The lowest BCUT2D eigenvalue weighted by atomic mass is 10.1. The monoisotopic (exact) mass is 281 g/mol. The molecule has 0 radical (unpaired) electrons. The Bertz CT molecular complexity index is 767. The first kappa shape index (κ1) is 13.3. The van der Waals surface area contributed by atoms with Gasteiger partial charge in [-0.3, -0.25) is 9.35 Å². The molecule has 2 aromatic rings. The first-order valence-electron chi connectivity index (χ1n) is 5.29. The number of benzene rings is 2. The van der Waals surface area contributed by atoms with Crippen molar-refractivity contribution >= 4 is 32.5 Å². The van der Waals surface area contributed by atoms with E-state index >= 15 is 0 Å². The molecule has 0 aromatic heterocycles. The number of carbonyl (C=O) groups excluding carboxylic acids is 1. The van der Waals surface area contributed by atoms with Crippen molar-refractivity contribution in [3.05, 3.63) is 30.3 Å². The molecule has 0 atom stereocenters. The number of hydrogen-bond donors (Lipinski definition) is 3. The van der Waals surface area contributed by atoms with E-state index in [2.05, 4.69) is 5.32 Å². The van der Waals surface area contributed by atoms with Crippen LogP contribution < -0.4 is 5.32 Å². The lowest BCUT2D eigenvalue weighted by molar-refractivity contribution is -0.114. The summed E-state index contributed by atoms with van der Waals surface area (Å²) in [4.78, 5) is 10.6. The maximum Gasteiger partial charge on any atom is 0.295 e. The molecular weight excluding hydrogens is 270 g/mol. The molecule has 0 bridgehead atoms. The zero-order valence-corrected chi connectivity index (χ0v) is 10.7. The van der Waals surface area contributed by atoms with Gasteiger partial charge in [-0.2, -0.15) is 8.42 Å². The first-order valence-corrected chi connectivity index (χ1v) is 6.73. The summed E-state index contributed by atoms with van der Waals surface area (Å²) in [5, 5.41) is 12.7. The summed E-state index contributed by atoms with van der Waals surface area (Å²) in [5.41, 5.74) is 0.465. The number of aromatic hydroxyl groups is 1. The minimum atomic E-state index is -4.44. The van der Waals surface area contributed by atoms with E-state index in [9.17, 15) is 18.3 Å². The highest BCUT2D eigenvalue weighted by molar-refractivity contribution is 7.86. The molecule has 0 saturated heterocycles. The van der Waals surface area contributed by atoms with Crippen molar-refractivity contribution in [1.82, 2.24) is 0 Å². The van der Waals surface area contributed by atoms with Gasteiger partial charge in [0.05, 0.1) is 0 Å². The van der Waals surface area contributed by atoms with Gasteiger partial charge in [0.2, 0.25) is 5.91 Å². The molecule has 1 amide bonds. The summed E-state index contributed by atoms with van der Waals surface area (Å²) in [6.45, 7) is 1.34.